The van der Waals surface area contributed by atoms with Gasteiger partial charge in [0.05, 0.1) is 10.2 Å². The van der Waals surface area contributed by atoms with Crippen LogP contribution in [0, 0.1) is 0 Å². The van der Waals surface area contributed by atoms with Crippen molar-refractivity contribution in [2.45, 2.75) is 0 Å². The summed E-state index contributed by atoms with van der Waals surface area (Å²) in [5, 5.41) is 0. The quantitative estimate of drug-likeness (QED) is 0.442. The van der Waals surface area contributed by atoms with Crippen LogP contribution in [0.15, 0.2) is 11.1 Å². The van der Waals surface area contributed by atoms with Crippen molar-refractivity contribution in [3.63, 3.8) is 0 Å². The molecule has 0 bridgehead atoms. The SMILES string of the molecule is C=C([Si])S(C)=O. The molecule has 0 N–H and O–H groups in total. The van der Waals surface area contributed by atoms with Crippen LogP contribution in [-0.4, -0.2) is 20.7 Å². The van der Waals surface area contributed by atoms with Gasteiger partial charge in [-0.1, -0.05) is 6.58 Å². The van der Waals surface area contributed by atoms with Crippen molar-refractivity contribution in [2.24, 2.45) is 0 Å². The Morgan fingerprint density at radius 3 is 2.17 bits per heavy atom. The van der Waals surface area contributed by atoms with Crippen LogP contribution in [-0.2, 0) is 10.8 Å². The third-order valence-electron chi connectivity index (χ3n) is 0.347. The van der Waals surface area contributed by atoms with E-state index in [4.69, 9.17) is 0 Å². The van der Waals surface area contributed by atoms with Gasteiger partial charge < -0.3 is 0 Å². The van der Waals surface area contributed by atoms with Crippen molar-refractivity contribution in [1.29, 1.82) is 0 Å². The molecule has 0 saturated carbocycles. The number of hydrogen-bond donors (Lipinski definition) is 0. The fourth-order valence-corrected chi connectivity index (χ4v) is 0. The van der Waals surface area contributed by atoms with Crippen molar-refractivity contribution >= 4 is 21.0 Å². The Morgan fingerprint density at radius 1 is 2.00 bits per heavy atom. The zero-order valence-electron chi connectivity index (χ0n) is 3.52. The Bertz CT molecular complexity index is 76.8. The molecule has 33 valence electrons. The first kappa shape index (κ1) is 6.11. The highest BCUT2D eigenvalue weighted by atomic mass is 32.2. The summed E-state index contributed by atoms with van der Waals surface area (Å²) in [5.74, 6) is 0. The maximum absolute atomic E-state index is 10.1. The van der Waals surface area contributed by atoms with E-state index in [1.54, 1.807) is 6.26 Å². The molecule has 0 aliphatic heterocycles. The molecule has 0 saturated heterocycles. The molecule has 0 rings (SSSR count). The van der Waals surface area contributed by atoms with Gasteiger partial charge in [-0.25, -0.2) is 0 Å². The van der Waals surface area contributed by atoms with Gasteiger partial charge in [-0.15, -0.1) is 0 Å². The summed E-state index contributed by atoms with van der Waals surface area (Å²) in [5.41, 5.74) is 0. The van der Waals surface area contributed by atoms with E-state index in [0.29, 0.717) is 4.53 Å². The topological polar surface area (TPSA) is 17.1 Å². The second kappa shape index (κ2) is 2.31. The van der Waals surface area contributed by atoms with Gasteiger partial charge in [0, 0.05) is 17.1 Å². The van der Waals surface area contributed by atoms with Crippen molar-refractivity contribution < 1.29 is 4.21 Å². The monoisotopic (exact) mass is 117 g/mol. The van der Waals surface area contributed by atoms with Crippen LogP contribution in [0.1, 0.15) is 0 Å². The summed E-state index contributed by atoms with van der Waals surface area (Å²) < 4.78 is 10.6. The molecular formula is C3H5OSSi. The fraction of sp³-hybridized carbons (Fsp3) is 0.333. The Labute approximate surface area is 43.3 Å². The fourth-order valence-electron chi connectivity index (χ4n) is 0. The molecular weight excluding hydrogens is 112 g/mol. The smallest absolute Gasteiger partial charge is 0.0836 e. The second-order valence-corrected chi connectivity index (χ2v) is 3.24. The molecule has 0 aromatic carbocycles. The Hall–Kier alpha value is 0.107. The maximum Gasteiger partial charge on any atom is 0.0836 e. The van der Waals surface area contributed by atoms with E-state index < -0.39 is 10.8 Å². The summed E-state index contributed by atoms with van der Waals surface area (Å²) >= 11 is 0. The Kier molecular flexibility index (Phi) is 2.35. The summed E-state index contributed by atoms with van der Waals surface area (Å²) in [6.07, 6.45) is 1.56. The molecule has 1 atom stereocenters. The first-order chi connectivity index (χ1) is 2.64. The average molecular weight is 117 g/mol. The van der Waals surface area contributed by atoms with Crippen molar-refractivity contribution in [3.05, 3.63) is 11.1 Å². The first-order valence-electron chi connectivity index (χ1n) is 1.38. The molecule has 0 heterocycles. The van der Waals surface area contributed by atoms with E-state index in [0.717, 1.165) is 0 Å². The summed E-state index contributed by atoms with van der Waals surface area (Å²) in [6, 6.07) is 0. The predicted octanol–water partition coefficient (Wildman–Crippen LogP) is 0.00460. The maximum atomic E-state index is 10.1. The van der Waals surface area contributed by atoms with Crippen LogP contribution in [0.4, 0.5) is 0 Å². The van der Waals surface area contributed by atoms with Gasteiger partial charge in [-0.05, 0) is 4.53 Å². The van der Waals surface area contributed by atoms with Crippen LogP contribution in [0.3, 0.4) is 0 Å². The lowest BCUT2D eigenvalue weighted by molar-refractivity contribution is 0.691. The minimum Gasteiger partial charge on any atom is -0.255 e. The molecule has 0 aliphatic rings. The third-order valence-corrected chi connectivity index (χ3v) is 1.90. The van der Waals surface area contributed by atoms with E-state index in [1.807, 2.05) is 0 Å². The first-order valence-corrected chi connectivity index (χ1v) is 3.44. The standard InChI is InChI=1S/C3H5OSSi/c1-3(6)5(2)4/h1H2,2H3. The lowest BCUT2D eigenvalue weighted by Crippen LogP contribution is -1.86. The minimum absolute atomic E-state index is 0.537. The Balaban J connectivity index is 3.57. The van der Waals surface area contributed by atoms with Gasteiger partial charge in [-0.3, -0.25) is 4.21 Å². The summed E-state index contributed by atoms with van der Waals surface area (Å²) in [6.45, 7) is 3.37. The Morgan fingerprint density at radius 2 is 2.17 bits per heavy atom. The van der Waals surface area contributed by atoms with E-state index in [9.17, 15) is 4.21 Å². The molecule has 1 unspecified atom stereocenters. The van der Waals surface area contributed by atoms with Crippen LogP contribution < -0.4 is 0 Å². The highest BCUT2D eigenvalue weighted by molar-refractivity contribution is 7.89. The van der Waals surface area contributed by atoms with Crippen LogP contribution in [0.5, 0.6) is 0 Å². The lowest BCUT2D eigenvalue weighted by Gasteiger charge is -1.82. The van der Waals surface area contributed by atoms with Gasteiger partial charge in [0.25, 0.3) is 0 Å². The summed E-state index contributed by atoms with van der Waals surface area (Å²) in [7, 11) is 2.09. The van der Waals surface area contributed by atoms with Crippen molar-refractivity contribution in [2.75, 3.05) is 6.26 Å². The molecule has 0 amide bonds. The van der Waals surface area contributed by atoms with Crippen LogP contribution in [0.25, 0.3) is 0 Å². The van der Waals surface area contributed by atoms with Gasteiger partial charge in [0.1, 0.15) is 0 Å². The zero-order chi connectivity index (χ0) is 5.15. The molecule has 0 spiro atoms. The summed E-state index contributed by atoms with van der Waals surface area (Å²) in [4.78, 5) is 0. The molecule has 6 heavy (non-hydrogen) atoms. The molecule has 3 heteroatoms. The number of hydrogen-bond acceptors (Lipinski definition) is 1. The van der Waals surface area contributed by atoms with E-state index in [-0.39, 0.29) is 0 Å². The van der Waals surface area contributed by atoms with Crippen LogP contribution >= 0.6 is 0 Å². The van der Waals surface area contributed by atoms with Crippen LogP contribution in [0.2, 0.25) is 0 Å². The van der Waals surface area contributed by atoms with Crippen molar-refractivity contribution in [3.8, 4) is 0 Å². The van der Waals surface area contributed by atoms with Gasteiger partial charge in [0.15, 0.2) is 0 Å². The minimum atomic E-state index is -0.898. The molecule has 1 nitrogen and oxygen atoms in total. The van der Waals surface area contributed by atoms with E-state index in [1.165, 1.54) is 0 Å². The van der Waals surface area contributed by atoms with Gasteiger partial charge >= 0.3 is 0 Å². The molecule has 0 aromatic heterocycles. The average Bonchev–Trinajstić information content (AvgIpc) is 1.36. The number of rotatable bonds is 1. The normalized spacial score (nSPS) is 13.7. The largest absolute Gasteiger partial charge is 0.255 e. The van der Waals surface area contributed by atoms with Crippen molar-refractivity contribution in [1.82, 2.24) is 0 Å². The third kappa shape index (κ3) is 2.35. The molecule has 0 aliphatic carbocycles. The molecule has 3 radical (unpaired) electrons. The lowest BCUT2D eigenvalue weighted by atomic mass is 11.2. The van der Waals surface area contributed by atoms with E-state index >= 15 is 0 Å². The highest BCUT2D eigenvalue weighted by Crippen LogP contribution is 1.82. The highest BCUT2D eigenvalue weighted by Gasteiger charge is 1.83. The van der Waals surface area contributed by atoms with E-state index in [2.05, 4.69) is 16.8 Å². The molecule has 0 fully saturated rings. The zero-order valence-corrected chi connectivity index (χ0v) is 5.34. The van der Waals surface area contributed by atoms with Gasteiger partial charge in [-0.2, -0.15) is 0 Å². The molecule has 0 aromatic rings. The van der Waals surface area contributed by atoms with Gasteiger partial charge in [0.2, 0.25) is 0 Å². The predicted molar refractivity (Wildman–Crippen MR) is 29.0 cm³/mol. The second-order valence-electron chi connectivity index (χ2n) is 0.877.